The lowest BCUT2D eigenvalue weighted by Crippen LogP contribution is -2.28. The van der Waals surface area contributed by atoms with Gasteiger partial charge in [-0.2, -0.15) is 0 Å². The third kappa shape index (κ3) is 14.4. The van der Waals surface area contributed by atoms with E-state index in [0.29, 0.717) is 16.7 Å². The van der Waals surface area contributed by atoms with Crippen molar-refractivity contribution in [3.8, 4) is 0 Å². The number of methoxy groups -OCH3 is 2. The van der Waals surface area contributed by atoms with Crippen LogP contribution in [-0.4, -0.2) is 112 Å². The lowest BCUT2D eigenvalue weighted by Gasteiger charge is -2.20. The highest BCUT2D eigenvalue weighted by Crippen LogP contribution is 2.29. The lowest BCUT2D eigenvalue weighted by atomic mass is 10.0. The van der Waals surface area contributed by atoms with E-state index in [0.717, 1.165) is 101 Å². The van der Waals surface area contributed by atoms with Crippen molar-refractivity contribution in [3.63, 3.8) is 0 Å². The summed E-state index contributed by atoms with van der Waals surface area (Å²) in [7, 11) is 7.02. The van der Waals surface area contributed by atoms with Crippen LogP contribution in [0.4, 0.5) is 17.1 Å². The van der Waals surface area contributed by atoms with Crippen molar-refractivity contribution in [2.45, 2.75) is 60.0 Å². The Hall–Kier alpha value is -6.83. The number of ketones is 1. The van der Waals surface area contributed by atoms with Gasteiger partial charge in [0.2, 0.25) is 0 Å². The molecule has 2 N–H and O–H groups in total. The third-order valence-corrected chi connectivity index (χ3v) is 13.4. The van der Waals surface area contributed by atoms with Crippen LogP contribution in [0.25, 0.3) is 0 Å². The van der Waals surface area contributed by atoms with E-state index in [2.05, 4.69) is 137 Å². The number of hydrogen-bond acceptors (Lipinski definition) is 12. The number of carbonyl (C=O) groups excluding carboxylic acids is 3. The SMILES string of the molecule is COC(=O)c1ccc2c(c1)CN(Cc1ccc(C)cc1)CCN2.COC(=O)c1ccc2c(c1)CN(Cc1ccc(C)cc1)CCN2C.Cc1ccc(CN2CCN(C)c3ccc(C(=O)CO)cc3C2)cc1. The molecule has 0 bridgehead atoms. The second-order valence-electron chi connectivity index (χ2n) is 19.0. The van der Waals surface area contributed by atoms with Crippen LogP contribution < -0.4 is 15.1 Å². The molecule has 0 radical (unpaired) electrons. The number of anilines is 3. The van der Waals surface area contributed by atoms with Gasteiger partial charge < -0.3 is 29.7 Å². The highest BCUT2D eigenvalue weighted by Gasteiger charge is 2.22. The number of ether oxygens (including phenoxy) is 2. The van der Waals surface area contributed by atoms with Crippen LogP contribution in [0.15, 0.2) is 127 Å². The van der Waals surface area contributed by atoms with Crippen LogP contribution in [0, 0.1) is 20.8 Å². The van der Waals surface area contributed by atoms with Gasteiger partial charge in [-0.3, -0.25) is 19.5 Å². The van der Waals surface area contributed by atoms with E-state index in [1.54, 1.807) is 0 Å². The molecule has 9 rings (SSSR count). The molecule has 6 aromatic rings. The molecule has 0 amide bonds. The first kappa shape index (κ1) is 52.0. The summed E-state index contributed by atoms with van der Waals surface area (Å²) in [6.07, 6.45) is 0. The zero-order chi connectivity index (χ0) is 50.4. The molecule has 0 fully saturated rings. The molecular weight excluding hydrogens is 889 g/mol. The number of hydrogen-bond donors (Lipinski definition) is 2. The molecular formula is C59H70N6O6. The number of rotatable bonds is 10. The Bertz CT molecular complexity index is 2620. The quantitative estimate of drug-likeness (QED) is 0.101. The highest BCUT2D eigenvalue weighted by molar-refractivity contribution is 5.97. The summed E-state index contributed by atoms with van der Waals surface area (Å²) >= 11 is 0. The van der Waals surface area contributed by atoms with Gasteiger partial charge in [0.15, 0.2) is 5.78 Å². The van der Waals surface area contributed by atoms with E-state index >= 15 is 0 Å². The van der Waals surface area contributed by atoms with Gasteiger partial charge in [-0.1, -0.05) is 89.5 Å². The molecule has 12 nitrogen and oxygen atoms in total. The fraction of sp³-hybridized carbons (Fsp3) is 0.339. The summed E-state index contributed by atoms with van der Waals surface area (Å²) in [5.41, 5.74) is 16.5. The van der Waals surface area contributed by atoms with E-state index in [1.165, 1.54) is 58.9 Å². The second-order valence-corrected chi connectivity index (χ2v) is 19.0. The first-order chi connectivity index (χ1) is 34.3. The molecule has 71 heavy (non-hydrogen) atoms. The third-order valence-electron chi connectivity index (χ3n) is 13.4. The number of fused-ring (bicyclic) bond motifs is 3. The number of aliphatic hydroxyl groups is 1. The molecule has 0 saturated carbocycles. The topological polar surface area (TPSA) is 118 Å². The predicted octanol–water partition coefficient (Wildman–Crippen LogP) is 9.06. The number of aliphatic hydroxyl groups excluding tert-OH is 1. The Morgan fingerprint density at radius 2 is 0.873 bits per heavy atom. The number of nitrogens with one attached hydrogen (secondary N) is 1. The molecule has 3 aliphatic heterocycles. The van der Waals surface area contributed by atoms with Gasteiger partial charge in [0.05, 0.1) is 25.3 Å². The summed E-state index contributed by atoms with van der Waals surface area (Å²) in [4.78, 5) is 47.1. The lowest BCUT2D eigenvalue weighted by molar-refractivity contribution is 0.0591. The predicted molar refractivity (Wildman–Crippen MR) is 284 cm³/mol. The Labute approximate surface area is 420 Å². The molecule has 0 spiro atoms. The minimum Gasteiger partial charge on any atom is -0.465 e. The molecule has 0 aromatic heterocycles. The zero-order valence-electron chi connectivity index (χ0n) is 42.5. The number of aryl methyl sites for hydroxylation is 3. The zero-order valence-corrected chi connectivity index (χ0v) is 42.5. The minimum absolute atomic E-state index is 0.227. The largest absolute Gasteiger partial charge is 0.465 e. The first-order valence-electron chi connectivity index (χ1n) is 24.5. The first-order valence-corrected chi connectivity index (χ1v) is 24.5. The van der Waals surface area contributed by atoms with E-state index in [4.69, 9.17) is 14.6 Å². The van der Waals surface area contributed by atoms with Crippen molar-refractivity contribution < 1.29 is 29.0 Å². The van der Waals surface area contributed by atoms with Gasteiger partial charge in [-0.05, 0) is 109 Å². The number of esters is 2. The monoisotopic (exact) mass is 959 g/mol. The summed E-state index contributed by atoms with van der Waals surface area (Å²) in [5.74, 6) is -0.799. The van der Waals surface area contributed by atoms with Crippen LogP contribution in [0.1, 0.15) is 81.1 Å². The van der Waals surface area contributed by atoms with Crippen molar-refractivity contribution in [3.05, 3.63) is 194 Å². The molecule has 0 unspecified atom stereocenters. The average molecular weight is 959 g/mol. The average Bonchev–Trinajstić information content (AvgIpc) is 3.76. The van der Waals surface area contributed by atoms with Crippen LogP contribution in [0.3, 0.4) is 0 Å². The number of benzene rings is 6. The fourth-order valence-electron chi connectivity index (χ4n) is 9.21. The number of likely N-dealkylation sites (N-methyl/N-ethyl adjacent to an activating group) is 2. The van der Waals surface area contributed by atoms with E-state index < -0.39 is 6.61 Å². The Balaban J connectivity index is 0.000000157. The maximum absolute atomic E-state index is 11.8. The summed E-state index contributed by atoms with van der Waals surface area (Å²) in [6.45, 7) is 16.8. The summed E-state index contributed by atoms with van der Waals surface area (Å²) in [6, 6.07) is 43.3. The van der Waals surface area contributed by atoms with Crippen LogP contribution in [-0.2, 0) is 48.7 Å². The van der Waals surface area contributed by atoms with Gasteiger partial charge in [-0.15, -0.1) is 0 Å². The molecule has 3 aliphatic rings. The molecule has 0 aliphatic carbocycles. The van der Waals surface area contributed by atoms with Crippen molar-refractivity contribution in [2.75, 3.05) is 89.3 Å². The maximum atomic E-state index is 11.8. The number of Topliss-reactive ketones (excluding diaryl/α,β-unsaturated/α-hetero) is 1. The van der Waals surface area contributed by atoms with Gasteiger partial charge in [0.25, 0.3) is 0 Å². The smallest absolute Gasteiger partial charge is 0.337 e. The van der Waals surface area contributed by atoms with Crippen molar-refractivity contribution in [1.82, 2.24) is 14.7 Å². The van der Waals surface area contributed by atoms with Gasteiger partial charge in [0.1, 0.15) is 6.61 Å². The van der Waals surface area contributed by atoms with Crippen molar-refractivity contribution in [2.24, 2.45) is 0 Å². The molecule has 0 saturated heterocycles. The second kappa shape index (κ2) is 24.8. The molecule has 372 valence electrons. The number of nitrogens with zero attached hydrogens (tertiary/aromatic N) is 5. The molecule has 3 heterocycles. The summed E-state index contributed by atoms with van der Waals surface area (Å²) < 4.78 is 9.67. The van der Waals surface area contributed by atoms with Gasteiger partial charge in [-0.25, -0.2) is 9.59 Å². The molecule has 6 aromatic carbocycles. The van der Waals surface area contributed by atoms with E-state index in [9.17, 15) is 14.4 Å². The normalized spacial score (nSPS) is 14.8. The van der Waals surface area contributed by atoms with E-state index in [-0.39, 0.29) is 17.7 Å². The fourth-order valence-corrected chi connectivity index (χ4v) is 9.21. The highest BCUT2D eigenvalue weighted by atomic mass is 16.5. The minimum atomic E-state index is -0.443. The number of carbonyl (C=O) groups is 3. The van der Waals surface area contributed by atoms with E-state index in [1.807, 2.05) is 54.6 Å². The van der Waals surface area contributed by atoms with Crippen molar-refractivity contribution in [1.29, 1.82) is 0 Å². The van der Waals surface area contributed by atoms with Crippen LogP contribution >= 0.6 is 0 Å². The molecule has 0 atom stereocenters. The van der Waals surface area contributed by atoms with Crippen LogP contribution in [0.2, 0.25) is 0 Å². The Kier molecular flexibility index (Phi) is 18.2. The molecule has 12 heteroatoms. The van der Waals surface area contributed by atoms with Crippen molar-refractivity contribution >= 4 is 34.8 Å². The summed E-state index contributed by atoms with van der Waals surface area (Å²) in [5, 5.41) is 12.5. The Morgan fingerprint density at radius 3 is 1.31 bits per heavy atom. The van der Waals surface area contributed by atoms with Crippen LogP contribution in [0.5, 0.6) is 0 Å². The standard InChI is InChI=1S/2C20H24N2O2.C19H22N2O2/c1-15-4-6-16(7-5-15)13-22-11-10-21(2)19-9-8-17(20(23)24-3)12-18(19)14-22;1-15-3-5-16(6-4-15)12-22-10-9-21(2)19-8-7-17(20(24)14-23)11-18(19)13-22;1-14-3-5-15(6-4-14)12-21-10-9-20-18-8-7-16(19(22)23-2)11-17(18)13-21/h4-9,12H,10-11,13-14H2,1-3H3;3-8,11,23H,9-10,12-14H2,1-2H3;3-8,11,20H,9-10,12-13H2,1-2H3. The van der Waals surface area contributed by atoms with Gasteiger partial charge in [0, 0.05) is 115 Å². The maximum Gasteiger partial charge on any atom is 0.337 e. The van der Waals surface area contributed by atoms with Gasteiger partial charge >= 0.3 is 11.9 Å². The Morgan fingerprint density at radius 1 is 0.493 bits per heavy atom.